The van der Waals surface area contributed by atoms with E-state index in [-0.39, 0.29) is 18.0 Å². The molecule has 2 aromatic carbocycles. The molecule has 1 aliphatic heterocycles. The first-order valence-electron chi connectivity index (χ1n) is 12.5. The summed E-state index contributed by atoms with van der Waals surface area (Å²) in [5.74, 6) is -1.70. The monoisotopic (exact) mass is 610 g/mol. The number of nitrogen functional groups attached to an aromatic ring is 1. The molecule has 16 heteroatoms. The number of benzene rings is 2. The molecule has 13 nitrogen and oxygen atoms in total. The van der Waals surface area contributed by atoms with Gasteiger partial charge in [-0.05, 0) is 30.7 Å². The number of aromatic nitrogens is 2. The largest absolute Gasteiger partial charge is 0.480 e. The Kier molecular flexibility index (Phi) is 9.11. The maximum absolute atomic E-state index is 14.6. The van der Waals surface area contributed by atoms with E-state index in [9.17, 15) is 38.3 Å². The van der Waals surface area contributed by atoms with Gasteiger partial charge < -0.3 is 30.3 Å². The van der Waals surface area contributed by atoms with Gasteiger partial charge in [-0.1, -0.05) is 48.5 Å². The summed E-state index contributed by atoms with van der Waals surface area (Å²) in [6.45, 7) is -0.161. The van der Waals surface area contributed by atoms with E-state index in [1.807, 2.05) is 0 Å². The lowest BCUT2D eigenvalue weighted by Gasteiger charge is -2.34. The number of nitrogens with two attached hydrogens (primary N) is 1. The maximum Gasteiger partial charge on any atom is 0.459 e. The first-order valence-corrected chi connectivity index (χ1v) is 14.1. The van der Waals surface area contributed by atoms with Crippen molar-refractivity contribution in [3.63, 3.8) is 0 Å². The number of nitrogens with zero attached hydrogens (tertiary/aromatic N) is 2. The molecule has 226 valence electrons. The van der Waals surface area contributed by atoms with Gasteiger partial charge in [0, 0.05) is 12.6 Å². The molecule has 0 aliphatic carbocycles. The summed E-state index contributed by atoms with van der Waals surface area (Å²) in [6, 6.07) is 16.9. The van der Waals surface area contributed by atoms with Crippen LogP contribution in [0.15, 0.2) is 77.7 Å². The van der Waals surface area contributed by atoms with Crippen molar-refractivity contribution >= 4 is 19.5 Å². The van der Waals surface area contributed by atoms with Crippen LogP contribution in [-0.4, -0.2) is 67.2 Å². The van der Waals surface area contributed by atoms with Crippen LogP contribution < -0.4 is 21.0 Å². The van der Waals surface area contributed by atoms with Gasteiger partial charge in [-0.25, -0.2) is 18.1 Å². The van der Waals surface area contributed by atoms with Crippen LogP contribution in [0.5, 0.6) is 5.75 Å². The van der Waals surface area contributed by atoms with Gasteiger partial charge >= 0.3 is 19.4 Å². The molecular formula is C26H29F2N4O9P. The molecule has 1 unspecified atom stereocenters. The van der Waals surface area contributed by atoms with Gasteiger partial charge in [0.1, 0.15) is 29.3 Å². The fraction of sp³-hybridized carbons (Fsp3) is 0.346. The van der Waals surface area contributed by atoms with Gasteiger partial charge in [0.05, 0.1) is 6.61 Å². The van der Waals surface area contributed by atoms with E-state index in [2.05, 4.69) is 10.1 Å². The molecule has 4 rings (SSSR count). The van der Waals surface area contributed by atoms with Crippen LogP contribution in [0.1, 0.15) is 18.7 Å². The van der Waals surface area contributed by atoms with Crippen molar-refractivity contribution in [2.75, 3.05) is 12.3 Å². The minimum Gasteiger partial charge on any atom is -0.480 e. The molecule has 6 atom stereocenters. The summed E-state index contributed by atoms with van der Waals surface area (Å²) in [5.41, 5.74) is -0.117. The highest BCUT2D eigenvalue weighted by atomic mass is 31.2. The molecule has 2 heterocycles. The SMILES string of the molecule is C[C@@](Cc1ccccc1)(NP(=O)(OC[C@@]1(C(F)F)O[C@@H](n2ccc(N)nc2=O)[C@H](O)[C@@H]1O)Oc1ccccc1)C(=O)O. The van der Waals surface area contributed by atoms with Crippen LogP contribution in [0.3, 0.4) is 0 Å². The first kappa shape index (κ1) is 31.2. The number of carboxylic acid groups (broad SMARTS) is 1. The number of aliphatic hydroxyl groups is 2. The lowest BCUT2D eigenvalue weighted by molar-refractivity contribution is -0.193. The topological polar surface area (TPSA) is 195 Å². The summed E-state index contributed by atoms with van der Waals surface area (Å²) in [6.07, 6.45) is -9.07. The van der Waals surface area contributed by atoms with Crippen LogP contribution in [0.25, 0.3) is 0 Å². The highest BCUT2D eigenvalue weighted by Gasteiger charge is 2.62. The van der Waals surface area contributed by atoms with Crippen molar-refractivity contribution in [1.29, 1.82) is 0 Å². The smallest absolute Gasteiger partial charge is 0.459 e. The Morgan fingerprint density at radius 2 is 1.81 bits per heavy atom. The van der Waals surface area contributed by atoms with Crippen molar-refractivity contribution in [3.8, 4) is 5.75 Å². The van der Waals surface area contributed by atoms with Gasteiger partial charge in [-0.2, -0.15) is 10.1 Å². The number of carboxylic acids is 1. The Hall–Kier alpha value is -3.72. The average molecular weight is 611 g/mol. The number of nitrogens with one attached hydrogen (secondary N) is 1. The van der Waals surface area contributed by atoms with Crippen LogP contribution in [-0.2, 0) is 25.0 Å². The first-order chi connectivity index (χ1) is 19.8. The average Bonchev–Trinajstić information content (AvgIpc) is 3.19. The zero-order chi connectivity index (χ0) is 30.7. The highest BCUT2D eigenvalue weighted by molar-refractivity contribution is 7.52. The Morgan fingerprint density at radius 1 is 1.19 bits per heavy atom. The second-order valence-electron chi connectivity index (χ2n) is 9.83. The van der Waals surface area contributed by atoms with E-state index in [0.29, 0.717) is 10.1 Å². The number of hydrogen-bond acceptors (Lipinski definition) is 10. The van der Waals surface area contributed by atoms with Crippen molar-refractivity contribution in [3.05, 3.63) is 89.0 Å². The van der Waals surface area contributed by atoms with Crippen molar-refractivity contribution in [2.24, 2.45) is 0 Å². The zero-order valence-corrected chi connectivity index (χ0v) is 23.0. The highest BCUT2D eigenvalue weighted by Crippen LogP contribution is 2.50. The molecule has 42 heavy (non-hydrogen) atoms. The second kappa shape index (κ2) is 12.3. The summed E-state index contributed by atoms with van der Waals surface area (Å²) >= 11 is 0. The number of anilines is 1. The van der Waals surface area contributed by atoms with Crippen molar-refractivity contribution < 1.29 is 47.2 Å². The molecule has 0 radical (unpaired) electrons. The Labute approximate surface area is 238 Å². The number of aliphatic hydroxyl groups excluding tert-OH is 2. The van der Waals surface area contributed by atoms with E-state index < -0.39 is 62.0 Å². The molecule has 0 bridgehead atoms. The lowest BCUT2D eigenvalue weighted by atomic mass is 9.94. The van der Waals surface area contributed by atoms with Gasteiger partial charge in [0.2, 0.25) is 0 Å². The van der Waals surface area contributed by atoms with E-state index in [0.717, 1.165) is 12.3 Å². The van der Waals surface area contributed by atoms with Crippen molar-refractivity contribution in [2.45, 2.75) is 49.3 Å². The van der Waals surface area contributed by atoms with Crippen LogP contribution in [0.4, 0.5) is 14.6 Å². The second-order valence-corrected chi connectivity index (χ2v) is 11.5. The lowest BCUT2D eigenvalue weighted by Crippen LogP contribution is -2.54. The van der Waals surface area contributed by atoms with E-state index in [1.165, 1.54) is 31.2 Å². The predicted molar refractivity (Wildman–Crippen MR) is 144 cm³/mol. The third-order valence-corrected chi connectivity index (χ3v) is 8.32. The quantitative estimate of drug-likeness (QED) is 0.187. The number of aliphatic carboxylic acids is 1. The molecule has 1 aromatic heterocycles. The molecule has 3 aromatic rings. The Morgan fingerprint density at radius 3 is 2.38 bits per heavy atom. The number of alkyl halides is 2. The minimum absolute atomic E-state index is 0.0582. The number of carbonyl (C=O) groups is 1. The molecule has 1 saturated heterocycles. The molecule has 6 N–H and O–H groups in total. The zero-order valence-electron chi connectivity index (χ0n) is 22.1. The predicted octanol–water partition coefficient (Wildman–Crippen LogP) is 1.96. The van der Waals surface area contributed by atoms with Gasteiger partial charge in [0.25, 0.3) is 6.43 Å². The standard InChI is InChI=1S/C26H29F2N4O9P/c1-25(23(35)36,14-16-8-4-2-5-9-16)31-42(38,41-17-10-6-3-7-11-17)39-15-26(22(27)28)20(34)19(33)21(40-26)32-13-12-18(29)30-24(32)37/h2-13,19-22,33-34H,14-15H2,1H3,(H,31,38)(H,35,36)(H2,29,30,37)/t19-,20+,21-,25+,26-,42?/m1/s1. The number of ether oxygens (including phenoxy) is 1. The Bertz CT molecular complexity index is 1500. The summed E-state index contributed by atoms with van der Waals surface area (Å²) in [7, 11) is -4.88. The number of hydrogen-bond donors (Lipinski definition) is 5. The van der Waals surface area contributed by atoms with E-state index in [4.69, 9.17) is 19.5 Å². The fourth-order valence-electron chi connectivity index (χ4n) is 4.37. The molecule has 0 spiro atoms. The third-order valence-electron chi connectivity index (χ3n) is 6.64. The van der Waals surface area contributed by atoms with E-state index in [1.54, 1.807) is 36.4 Å². The Balaban J connectivity index is 1.67. The molecule has 1 fully saturated rings. The summed E-state index contributed by atoms with van der Waals surface area (Å²) in [5, 5.41) is 33.7. The fourth-order valence-corrected chi connectivity index (χ4v) is 6.08. The number of halogens is 2. The maximum atomic E-state index is 14.6. The van der Waals surface area contributed by atoms with Crippen LogP contribution in [0.2, 0.25) is 0 Å². The van der Waals surface area contributed by atoms with Gasteiger partial charge in [0.15, 0.2) is 11.8 Å². The normalized spacial score (nSPS) is 25.0. The molecule has 0 amide bonds. The third kappa shape index (κ3) is 6.51. The molecule has 0 saturated carbocycles. The number of para-hydroxylation sites is 1. The van der Waals surface area contributed by atoms with Gasteiger partial charge in [-0.3, -0.25) is 13.9 Å². The van der Waals surface area contributed by atoms with Crippen molar-refractivity contribution in [1.82, 2.24) is 14.6 Å². The number of rotatable bonds is 12. The van der Waals surface area contributed by atoms with Crippen LogP contribution >= 0.6 is 7.75 Å². The van der Waals surface area contributed by atoms with Gasteiger partial charge in [-0.15, -0.1) is 0 Å². The molecular weight excluding hydrogens is 581 g/mol. The van der Waals surface area contributed by atoms with E-state index >= 15 is 0 Å². The summed E-state index contributed by atoms with van der Waals surface area (Å²) in [4.78, 5) is 28.1. The van der Waals surface area contributed by atoms with Crippen LogP contribution in [0, 0.1) is 0 Å². The summed E-state index contributed by atoms with van der Waals surface area (Å²) < 4.78 is 60.2. The molecule has 1 aliphatic rings. The minimum atomic E-state index is -4.88.